The Morgan fingerprint density at radius 1 is 1.17 bits per heavy atom. The molecule has 0 spiro atoms. The Morgan fingerprint density at radius 2 is 1.96 bits per heavy atom. The molecule has 24 heavy (non-hydrogen) atoms. The fourth-order valence-electron chi connectivity index (χ4n) is 2.47. The highest BCUT2D eigenvalue weighted by atomic mass is 16.5. The number of rotatable bonds is 5. The summed E-state index contributed by atoms with van der Waals surface area (Å²) in [6.07, 6.45) is 0.717. The van der Waals surface area contributed by atoms with Gasteiger partial charge in [-0.3, -0.25) is 4.79 Å². The monoisotopic (exact) mass is 322 g/mol. The summed E-state index contributed by atoms with van der Waals surface area (Å²) in [4.78, 5) is 12.2. The number of amides is 1. The second-order valence-corrected chi connectivity index (χ2v) is 5.48. The van der Waals surface area contributed by atoms with E-state index in [0.717, 1.165) is 17.7 Å². The van der Waals surface area contributed by atoms with Crippen LogP contribution in [0.1, 0.15) is 27.4 Å². The third-order valence-corrected chi connectivity index (χ3v) is 3.63. The number of anilines is 1. The Morgan fingerprint density at radius 3 is 2.62 bits per heavy atom. The van der Waals surface area contributed by atoms with Gasteiger partial charge in [0.1, 0.15) is 5.75 Å². The van der Waals surface area contributed by atoms with E-state index >= 15 is 0 Å². The summed E-state index contributed by atoms with van der Waals surface area (Å²) >= 11 is 0. The molecule has 0 saturated heterocycles. The molecule has 0 radical (unpaired) electrons. The molecule has 1 heterocycles. The molecular weight excluding hydrogens is 304 g/mol. The molecule has 0 atom stereocenters. The number of aromatic nitrogens is 1. The van der Waals surface area contributed by atoms with Crippen molar-refractivity contribution >= 4 is 11.6 Å². The van der Waals surface area contributed by atoms with Gasteiger partial charge in [-0.25, -0.2) is 0 Å². The van der Waals surface area contributed by atoms with Crippen molar-refractivity contribution in [2.24, 2.45) is 0 Å². The van der Waals surface area contributed by atoms with E-state index in [2.05, 4.69) is 22.6 Å². The third-order valence-electron chi connectivity index (χ3n) is 3.63. The zero-order chi connectivity index (χ0) is 16.9. The van der Waals surface area contributed by atoms with Crippen molar-refractivity contribution in [2.75, 3.05) is 12.4 Å². The lowest BCUT2D eigenvalue weighted by Gasteiger charge is -2.11. The second kappa shape index (κ2) is 7.00. The molecule has 0 aliphatic carbocycles. The van der Waals surface area contributed by atoms with Crippen molar-refractivity contribution < 1.29 is 14.1 Å². The van der Waals surface area contributed by atoms with Gasteiger partial charge in [0.05, 0.1) is 12.8 Å². The number of nitrogens with one attached hydrogen (secondary N) is 1. The van der Waals surface area contributed by atoms with E-state index in [0.29, 0.717) is 11.4 Å². The zero-order valence-corrected chi connectivity index (χ0v) is 13.6. The lowest BCUT2D eigenvalue weighted by atomic mass is 10.0. The molecule has 1 N–H and O–H groups in total. The number of nitrogens with zero attached hydrogens (tertiary/aromatic N) is 1. The predicted octanol–water partition coefficient (Wildman–Crippen LogP) is 3.83. The highest BCUT2D eigenvalue weighted by Crippen LogP contribution is 2.25. The lowest BCUT2D eigenvalue weighted by Crippen LogP contribution is -2.11. The SMILES string of the molecule is COc1ccc(NC(=O)c2cc(C)no2)cc1Cc1ccccc1. The fraction of sp³-hybridized carbons (Fsp3) is 0.158. The van der Waals surface area contributed by atoms with Gasteiger partial charge < -0.3 is 14.6 Å². The number of hydrogen-bond donors (Lipinski definition) is 1. The molecule has 122 valence electrons. The van der Waals surface area contributed by atoms with Crippen LogP contribution in [-0.4, -0.2) is 18.2 Å². The Labute approximate surface area is 140 Å². The first-order valence-electron chi connectivity index (χ1n) is 7.61. The number of benzene rings is 2. The van der Waals surface area contributed by atoms with E-state index in [-0.39, 0.29) is 11.7 Å². The number of aryl methyl sites for hydroxylation is 1. The topological polar surface area (TPSA) is 64.4 Å². The summed E-state index contributed by atoms with van der Waals surface area (Å²) in [6.45, 7) is 1.77. The molecule has 0 unspecified atom stereocenters. The van der Waals surface area contributed by atoms with Crippen LogP contribution in [0.3, 0.4) is 0 Å². The normalized spacial score (nSPS) is 10.4. The Bertz CT molecular complexity index is 841. The van der Waals surface area contributed by atoms with Crippen LogP contribution in [0.25, 0.3) is 0 Å². The quantitative estimate of drug-likeness (QED) is 0.775. The molecule has 3 rings (SSSR count). The average molecular weight is 322 g/mol. The summed E-state index contributed by atoms with van der Waals surface area (Å²) in [5, 5.41) is 6.55. The minimum absolute atomic E-state index is 0.188. The number of hydrogen-bond acceptors (Lipinski definition) is 4. The van der Waals surface area contributed by atoms with Crippen LogP contribution < -0.4 is 10.1 Å². The first-order chi connectivity index (χ1) is 11.7. The maximum Gasteiger partial charge on any atom is 0.294 e. The maximum absolute atomic E-state index is 12.2. The van der Waals surface area contributed by atoms with Crippen molar-refractivity contribution in [1.82, 2.24) is 5.16 Å². The van der Waals surface area contributed by atoms with Crippen LogP contribution in [0, 0.1) is 6.92 Å². The van der Waals surface area contributed by atoms with Gasteiger partial charge in [0.2, 0.25) is 5.76 Å². The van der Waals surface area contributed by atoms with Crippen LogP contribution in [0.15, 0.2) is 59.1 Å². The van der Waals surface area contributed by atoms with Gasteiger partial charge in [-0.15, -0.1) is 0 Å². The summed E-state index contributed by atoms with van der Waals surface area (Å²) < 4.78 is 10.4. The van der Waals surface area contributed by atoms with Crippen molar-refractivity contribution in [3.8, 4) is 5.75 Å². The molecule has 0 aliphatic rings. The van der Waals surface area contributed by atoms with E-state index in [9.17, 15) is 4.79 Å². The fourth-order valence-corrected chi connectivity index (χ4v) is 2.47. The maximum atomic E-state index is 12.2. The summed E-state index contributed by atoms with van der Waals surface area (Å²) in [7, 11) is 1.64. The number of carbonyl (C=O) groups excluding carboxylic acids is 1. The highest BCUT2D eigenvalue weighted by Gasteiger charge is 2.13. The summed E-state index contributed by atoms with van der Waals surface area (Å²) in [5.41, 5.74) is 3.51. The molecule has 0 saturated carbocycles. The smallest absolute Gasteiger partial charge is 0.294 e. The van der Waals surface area contributed by atoms with Crippen LogP contribution in [0.4, 0.5) is 5.69 Å². The summed E-state index contributed by atoms with van der Waals surface area (Å²) in [5.74, 6) is 0.645. The molecule has 5 nitrogen and oxygen atoms in total. The zero-order valence-electron chi connectivity index (χ0n) is 13.6. The number of methoxy groups -OCH3 is 1. The van der Waals surface area contributed by atoms with E-state index in [1.807, 2.05) is 30.3 Å². The average Bonchev–Trinajstić information content (AvgIpc) is 3.03. The molecule has 5 heteroatoms. The van der Waals surface area contributed by atoms with Gasteiger partial charge in [0, 0.05) is 23.7 Å². The Kier molecular flexibility index (Phi) is 4.61. The lowest BCUT2D eigenvalue weighted by molar-refractivity contribution is 0.0988. The standard InChI is InChI=1S/C19H18N2O3/c1-13-10-18(24-21-13)19(22)20-16-8-9-17(23-2)15(12-16)11-14-6-4-3-5-7-14/h3-10,12H,11H2,1-2H3,(H,20,22). The van der Waals surface area contributed by atoms with Crippen molar-refractivity contribution in [3.63, 3.8) is 0 Å². The molecular formula is C19H18N2O3. The molecule has 0 bridgehead atoms. The minimum Gasteiger partial charge on any atom is -0.496 e. The van der Waals surface area contributed by atoms with Gasteiger partial charge in [-0.1, -0.05) is 35.5 Å². The molecule has 0 fully saturated rings. The molecule has 1 aromatic heterocycles. The van der Waals surface area contributed by atoms with E-state index < -0.39 is 0 Å². The first kappa shape index (κ1) is 15.8. The molecule has 1 amide bonds. The molecule has 0 aliphatic heterocycles. The van der Waals surface area contributed by atoms with Crippen LogP contribution in [0.5, 0.6) is 5.75 Å². The van der Waals surface area contributed by atoms with Crippen molar-refractivity contribution in [2.45, 2.75) is 13.3 Å². The molecule has 3 aromatic rings. The van der Waals surface area contributed by atoms with E-state index in [1.165, 1.54) is 5.56 Å². The predicted molar refractivity (Wildman–Crippen MR) is 91.4 cm³/mol. The van der Waals surface area contributed by atoms with Gasteiger partial charge >= 0.3 is 0 Å². The summed E-state index contributed by atoms with van der Waals surface area (Å²) in [6, 6.07) is 17.3. The van der Waals surface area contributed by atoms with Gasteiger partial charge in [0.25, 0.3) is 5.91 Å². The minimum atomic E-state index is -0.327. The van der Waals surface area contributed by atoms with Crippen LogP contribution >= 0.6 is 0 Å². The van der Waals surface area contributed by atoms with E-state index in [1.54, 1.807) is 26.2 Å². The Hall–Kier alpha value is -3.08. The number of ether oxygens (including phenoxy) is 1. The van der Waals surface area contributed by atoms with Crippen LogP contribution in [-0.2, 0) is 6.42 Å². The van der Waals surface area contributed by atoms with Gasteiger partial charge in [-0.2, -0.15) is 0 Å². The van der Waals surface area contributed by atoms with Crippen LogP contribution in [0.2, 0.25) is 0 Å². The van der Waals surface area contributed by atoms with Gasteiger partial charge in [0.15, 0.2) is 0 Å². The largest absolute Gasteiger partial charge is 0.496 e. The highest BCUT2D eigenvalue weighted by molar-refractivity contribution is 6.02. The third kappa shape index (κ3) is 3.63. The van der Waals surface area contributed by atoms with Crippen molar-refractivity contribution in [1.29, 1.82) is 0 Å². The second-order valence-electron chi connectivity index (χ2n) is 5.48. The Balaban J connectivity index is 1.82. The molecule has 2 aromatic carbocycles. The van der Waals surface area contributed by atoms with Gasteiger partial charge in [-0.05, 0) is 30.7 Å². The first-order valence-corrected chi connectivity index (χ1v) is 7.61. The van der Waals surface area contributed by atoms with Crippen molar-refractivity contribution in [3.05, 3.63) is 77.2 Å². The number of carbonyl (C=O) groups is 1. The van der Waals surface area contributed by atoms with E-state index in [4.69, 9.17) is 9.26 Å².